The minimum Gasteiger partial charge on any atom is -0.385 e. The van der Waals surface area contributed by atoms with E-state index in [9.17, 15) is 0 Å². The molecule has 0 aliphatic heterocycles. The van der Waals surface area contributed by atoms with Gasteiger partial charge in [-0.1, -0.05) is 28.1 Å². The molecule has 0 saturated heterocycles. The van der Waals surface area contributed by atoms with Crippen LogP contribution in [0, 0.1) is 6.92 Å². The molecule has 0 fully saturated rings. The van der Waals surface area contributed by atoms with E-state index in [0.29, 0.717) is 0 Å². The van der Waals surface area contributed by atoms with Gasteiger partial charge in [0, 0.05) is 17.1 Å². The number of aromatic amines is 1. The molecule has 15 heavy (non-hydrogen) atoms. The molecule has 0 radical (unpaired) electrons. The van der Waals surface area contributed by atoms with Crippen molar-refractivity contribution in [2.24, 2.45) is 0 Å². The quantitative estimate of drug-likeness (QED) is 0.876. The Morgan fingerprint density at radius 3 is 2.53 bits per heavy atom. The highest BCUT2D eigenvalue weighted by Crippen LogP contribution is 2.28. The van der Waals surface area contributed by atoms with Gasteiger partial charge in [-0.3, -0.25) is 5.10 Å². The largest absolute Gasteiger partial charge is 0.385 e. The summed E-state index contributed by atoms with van der Waals surface area (Å²) in [6, 6.07) is 8.11. The molecule has 0 saturated carbocycles. The summed E-state index contributed by atoms with van der Waals surface area (Å²) in [5.74, 6) is 0. The van der Waals surface area contributed by atoms with Gasteiger partial charge in [-0.15, -0.1) is 0 Å². The standard InChI is InChI=1S/C11H12BrN3/c1-7-10(13-2)11(15-14-7)8-3-5-9(12)6-4-8/h3-6,13H,1-2H3,(H,14,15). The first kappa shape index (κ1) is 10.2. The smallest absolute Gasteiger partial charge is 0.115 e. The third-order valence-corrected chi connectivity index (χ3v) is 2.84. The zero-order chi connectivity index (χ0) is 10.8. The van der Waals surface area contributed by atoms with Gasteiger partial charge in [0.15, 0.2) is 0 Å². The van der Waals surface area contributed by atoms with E-state index < -0.39 is 0 Å². The Balaban J connectivity index is 2.49. The van der Waals surface area contributed by atoms with Gasteiger partial charge >= 0.3 is 0 Å². The van der Waals surface area contributed by atoms with E-state index >= 15 is 0 Å². The van der Waals surface area contributed by atoms with Gasteiger partial charge in [-0.25, -0.2) is 0 Å². The fourth-order valence-electron chi connectivity index (χ4n) is 1.55. The lowest BCUT2D eigenvalue weighted by molar-refractivity contribution is 1.05. The number of halogens is 1. The number of benzene rings is 1. The van der Waals surface area contributed by atoms with E-state index in [4.69, 9.17) is 0 Å². The zero-order valence-electron chi connectivity index (χ0n) is 8.63. The predicted molar refractivity (Wildman–Crippen MR) is 66.0 cm³/mol. The minimum absolute atomic E-state index is 0.961. The summed E-state index contributed by atoms with van der Waals surface area (Å²) in [7, 11) is 1.90. The van der Waals surface area contributed by atoms with E-state index in [1.165, 1.54) is 0 Å². The van der Waals surface area contributed by atoms with E-state index in [0.717, 1.165) is 27.1 Å². The van der Waals surface area contributed by atoms with Crippen LogP contribution in [0.3, 0.4) is 0 Å². The number of aryl methyl sites for hydroxylation is 1. The first-order valence-electron chi connectivity index (χ1n) is 4.71. The zero-order valence-corrected chi connectivity index (χ0v) is 10.2. The number of hydrogen-bond acceptors (Lipinski definition) is 2. The summed E-state index contributed by atoms with van der Waals surface area (Å²) >= 11 is 3.41. The average Bonchev–Trinajstić information content (AvgIpc) is 2.61. The number of nitrogens with zero attached hydrogens (tertiary/aromatic N) is 1. The van der Waals surface area contributed by atoms with Crippen molar-refractivity contribution in [2.45, 2.75) is 6.92 Å². The van der Waals surface area contributed by atoms with Crippen LogP contribution in [-0.4, -0.2) is 17.2 Å². The highest BCUT2D eigenvalue weighted by molar-refractivity contribution is 9.10. The summed E-state index contributed by atoms with van der Waals surface area (Å²) in [5.41, 5.74) is 4.17. The molecular formula is C11H12BrN3. The summed E-state index contributed by atoms with van der Waals surface area (Å²) in [6.07, 6.45) is 0. The molecule has 2 N–H and O–H groups in total. The molecule has 1 heterocycles. The SMILES string of the molecule is CNc1c(-c2ccc(Br)cc2)n[nH]c1C. The van der Waals surface area contributed by atoms with Crippen LogP contribution in [-0.2, 0) is 0 Å². The monoisotopic (exact) mass is 265 g/mol. The molecule has 2 rings (SSSR count). The maximum Gasteiger partial charge on any atom is 0.115 e. The van der Waals surface area contributed by atoms with Crippen molar-refractivity contribution in [3.05, 3.63) is 34.4 Å². The lowest BCUT2D eigenvalue weighted by atomic mass is 10.1. The van der Waals surface area contributed by atoms with Crippen LogP contribution in [0.15, 0.2) is 28.7 Å². The molecule has 0 bridgehead atoms. The molecule has 0 spiro atoms. The summed E-state index contributed by atoms with van der Waals surface area (Å²) in [4.78, 5) is 0. The number of aromatic nitrogens is 2. The van der Waals surface area contributed by atoms with Gasteiger partial charge in [0.2, 0.25) is 0 Å². The second-order valence-corrected chi connectivity index (χ2v) is 4.24. The highest BCUT2D eigenvalue weighted by Gasteiger charge is 2.09. The Bertz CT molecular complexity index is 459. The van der Waals surface area contributed by atoms with E-state index in [1.54, 1.807) is 0 Å². The minimum atomic E-state index is 0.961. The lowest BCUT2D eigenvalue weighted by Crippen LogP contribution is -1.90. The van der Waals surface area contributed by atoms with E-state index in [-0.39, 0.29) is 0 Å². The molecule has 2 aromatic rings. The predicted octanol–water partition coefficient (Wildman–Crippen LogP) is 3.19. The van der Waals surface area contributed by atoms with Crippen molar-refractivity contribution < 1.29 is 0 Å². The van der Waals surface area contributed by atoms with Crippen molar-refractivity contribution >= 4 is 21.6 Å². The molecule has 0 unspecified atom stereocenters. The van der Waals surface area contributed by atoms with Crippen molar-refractivity contribution in [1.82, 2.24) is 10.2 Å². The van der Waals surface area contributed by atoms with Crippen LogP contribution in [0.1, 0.15) is 5.69 Å². The number of rotatable bonds is 2. The third-order valence-electron chi connectivity index (χ3n) is 2.31. The van der Waals surface area contributed by atoms with E-state index in [2.05, 4.69) is 31.4 Å². The van der Waals surface area contributed by atoms with Gasteiger partial charge in [-0.05, 0) is 19.1 Å². The third kappa shape index (κ3) is 1.90. The van der Waals surface area contributed by atoms with Gasteiger partial charge in [0.25, 0.3) is 0 Å². The van der Waals surface area contributed by atoms with Crippen LogP contribution in [0.4, 0.5) is 5.69 Å². The second-order valence-electron chi connectivity index (χ2n) is 3.33. The molecule has 0 aliphatic rings. The van der Waals surface area contributed by atoms with Crippen molar-refractivity contribution in [3.63, 3.8) is 0 Å². The maximum atomic E-state index is 4.28. The molecule has 4 heteroatoms. The molecule has 0 aliphatic carbocycles. The number of anilines is 1. The number of H-pyrrole nitrogens is 1. The Kier molecular flexibility index (Phi) is 2.77. The summed E-state index contributed by atoms with van der Waals surface area (Å²) < 4.78 is 1.07. The Morgan fingerprint density at radius 1 is 1.27 bits per heavy atom. The van der Waals surface area contributed by atoms with Crippen molar-refractivity contribution in [1.29, 1.82) is 0 Å². The molecule has 0 amide bonds. The van der Waals surface area contributed by atoms with Crippen molar-refractivity contribution in [2.75, 3.05) is 12.4 Å². The molecule has 3 nitrogen and oxygen atoms in total. The van der Waals surface area contributed by atoms with Crippen LogP contribution < -0.4 is 5.32 Å². The van der Waals surface area contributed by atoms with Gasteiger partial charge in [-0.2, -0.15) is 5.10 Å². The van der Waals surface area contributed by atoms with Crippen LogP contribution in [0.2, 0.25) is 0 Å². The Hall–Kier alpha value is -1.29. The van der Waals surface area contributed by atoms with Crippen LogP contribution in [0.5, 0.6) is 0 Å². The maximum absolute atomic E-state index is 4.28. The van der Waals surface area contributed by atoms with Gasteiger partial charge < -0.3 is 5.32 Å². The van der Waals surface area contributed by atoms with Crippen LogP contribution >= 0.6 is 15.9 Å². The molecule has 0 atom stereocenters. The molecule has 1 aromatic carbocycles. The fraction of sp³-hybridized carbons (Fsp3) is 0.182. The normalized spacial score (nSPS) is 10.3. The summed E-state index contributed by atoms with van der Waals surface area (Å²) in [5, 5.41) is 10.4. The summed E-state index contributed by atoms with van der Waals surface area (Å²) in [6.45, 7) is 2.00. The first-order chi connectivity index (χ1) is 7.22. The highest BCUT2D eigenvalue weighted by atomic mass is 79.9. The first-order valence-corrected chi connectivity index (χ1v) is 5.50. The van der Waals surface area contributed by atoms with Crippen LogP contribution in [0.25, 0.3) is 11.3 Å². The number of hydrogen-bond donors (Lipinski definition) is 2. The van der Waals surface area contributed by atoms with Gasteiger partial charge in [0.1, 0.15) is 5.69 Å². The molecular weight excluding hydrogens is 254 g/mol. The van der Waals surface area contributed by atoms with E-state index in [1.807, 2.05) is 38.2 Å². The fourth-order valence-corrected chi connectivity index (χ4v) is 1.82. The van der Waals surface area contributed by atoms with Gasteiger partial charge in [0.05, 0.1) is 11.4 Å². The number of nitrogens with one attached hydrogen (secondary N) is 2. The van der Waals surface area contributed by atoms with Crippen molar-refractivity contribution in [3.8, 4) is 11.3 Å². The Labute approximate surface area is 97.0 Å². The lowest BCUT2D eigenvalue weighted by Gasteiger charge is -2.02. The Morgan fingerprint density at radius 2 is 1.93 bits per heavy atom. The second kappa shape index (κ2) is 4.06. The molecule has 78 valence electrons. The average molecular weight is 266 g/mol. The molecule has 1 aromatic heterocycles. The topological polar surface area (TPSA) is 40.7 Å².